The average Bonchev–Trinajstić information content (AvgIpc) is 3.49. The van der Waals surface area contributed by atoms with Gasteiger partial charge in [-0.25, -0.2) is 9.71 Å². The number of aryl methyl sites for hydroxylation is 1. The van der Waals surface area contributed by atoms with Crippen LogP contribution in [0.3, 0.4) is 0 Å². The number of hydrogen-bond donors (Lipinski definition) is 4. The number of methoxy groups -OCH3 is 1. The van der Waals surface area contributed by atoms with E-state index in [2.05, 4.69) is 46.8 Å². The lowest BCUT2D eigenvalue weighted by Gasteiger charge is -2.24. The van der Waals surface area contributed by atoms with Gasteiger partial charge in [0.25, 0.3) is 5.91 Å². The second-order valence-corrected chi connectivity index (χ2v) is 11.3. The summed E-state index contributed by atoms with van der Waals surface area (Å²) in [5.74, 6) is 0.376. The number of ether oxygens (including phenoxy) is 1. The van der Waals surface area contributed by atoms with E-state index in [1.807, 2.05) is 31.3 Å². The Kier molecular flexibility index (Phi) is 7.91. The third-order valence-electron chi connectivity index (χ3n) is 6.37. The minimum absolute atomic E-state index is 0.229. The Labute approximate surface area is 230 Å². The predicted octanol–water partition coefficient (Wildman–Crippen LogP) is 3.63. The summed E-state index contributed by atoms with van der Waals surface area (Å²) in [6.45, 7) is 8.12. The molecular formula is C27H33N7O4S. The monoisotopic (exact) mass is 551 g/mol. The lowest BCUT2D eigenvalue weighted by Crippen LogP contribution is -2.36. The highest BCUT2D eigenvalue weighted by molar-refractivity contribution is 7.92. The molecule has 2 aromatic carbocycles. The first kappa shape index (κ1) is 28.0. The molecule has 39 heavy (non-hydrogen) atoms. The third-order valence-corrected chi connectivity index (χ3v) is 6.87. The molecule has 0 spiro atoms. The van der Waals surface area contributed by atoms with Gasteiger partial charge < -0.3 is 19.2 Å². The van der Waals surface area contributed by atoms with Gasteiger partial charge in [0, 0.05) is 12.6 Å². The number of carbonyl (C=O) groups is 2. The van der Waals surface area contributed by atoms with Gasteiger partial charge in [-0.1, -0.05) is 26.8 Å². The standard InChI is InChI=1S/C27H33N7O4S/c1-16-8-9-17(10-22(16)34-14-21(30-32-34)23-13-28-24(15-35)33(23)5)26(36)29-19-11-18(27(2,3)4)12-20(25(19)38-6)31-39(7)37/h8-15,30-32H,1-7H3,(H,29,36). The van der Waals surface area contributed by atoms with E-state index in [0.717, 1.165) is 22.5 Å². The quantitative estimate of drug-likeness (QED) is 0.244. The molecule has 0 aliphatic carbocycles. The third kappa shape index (κ3) is 5.87. The summed E-state index contributed by atoms with van der Waals surface area (Å²) in [5, 5.41) is 4.73. The SMILES string of the molecule is COc1c(NC(=O)c2ccc(C)c(N3C=C(c4cnc(C=O)n4C)NN3)c2)cc(C(C)(C)C)cc1N[S+](C)[O-]. The molecule has 3 aromatic rings. The normalized spacial score (nSPS) is 13.9. The molecule has 1 aliphatic heterocycles. The Balaban J connectivity index is 1.65. The number of amides is 1. The van der Waals surface area contributed by atoms with Crippen LogP contribution in [0.2, 0.25) is 0 Å². The minimum atomic E-state index is -1.33. The smallest absolute Gasteiger partial charge is 0.255 e. The molecule has 0 radical (unpaired) electrons. The van der Waals surface area contributed by atoms with Crippen molar-refractivity contribution in [1.29, 1.82) is 0 Å². The van der Waals surface area contributed by atoms with Crippen molar-refractivity contribution in [2.45, 2.75) is 33.1 Å². The maximum atomic E-state index is 13.5. The van der Waals surface area contributed by atoms with Crippen molar-refractivity contribution in [2.75, 3.05) is 28.4 Å². The number of benzene rings is 2. The fraction of sp³-hybridized carbons (Fsp3) is 0.296. The van der Waals surface area contributed by atoms with Crippen molar-refractivity contribution < 1.29 is 18.9 Å². The second-order valence-electron chi connectivity index (χ2n) is 10.2. The predicted molar refractivity (Wildman–Crippen MR) is 154 cm³/mol. The fourth-order valence-electron chi connectivity index (χ4n) is 4.17. The zero-order chi connectivity index (χ0) is 28.5. The van der Waals surface area contributed by atoms with Gasteiger partial charge in [0.05, 0.1) is 53.6 Å². The Morgan fingerprint density at radius 3 is 2.54 bits per heavy atom. The van der Waals surface area contributed by atoms with Gasteiger partial charge in [-0.15, -0.1) is 5.53 Å². The zero-order valence-corrected chi connectivity index (χ0v) is 23.8. The highest BCUT2D eigenvalue weighted by atomic mass is 32.2. The molecule has 12 heteroatoms. The van der Waals surface area contributed by atoms with Gasteiger partial charge in [-0.3, -0.25) is 20.0 Å². The summed E-state index contributed by atoms with van der Waals surface area (Å²) in [6.07, 6.45) is 5.67. The number of aromatic nitrogens is 2. The molecule has 11 nitrogen and oxygen atoms in total. The molecule has 0 fully saturated rings. The molecule has 1 aliphatic rings. The van der Waals surface area contributed by atoms with Crippen LogP contribution < -0.4 is 30.7 Å². The van der Waals surface area contributed by atoms with E-state index < -0.39 is 11.4 Å². The van der Waals surface area contributed by atoms with Crippen LogP contribution in [0.5, 0.6) is 5.75 Å². The van der Waals surface area contributed by atoms with Crippen LogP contribution >= 0.6 is 0 Å². The van der Waals surface area contributed by atoms with Crippen LogP contribution in [-0.4, -0.2) is 39.7 Å². The van der Waals surface area contributed by atoms with Gasteiger partial charge in [0.1, 0.15) is 11.9 Å². The number of nitrogens with zero attached hydrogens (tertiary/aromatic N) is 3. The number of nitrogens with one attached hydrogen (secondary N) is 4. The average molecular weight is 552 g/mol. The summed E-state index contributed by atoms with van der Waals surface area (Å²) in [7, 11) is 3.27. The van der Waals surface area contributed by atoms with Gasteiger partial charge in [-0.05, 0) is 47.7 Å². The molecule has 2 heterocycles. The van der Waals surface area contributed by atoms with E-state index in [1.54, 1.807) is 35.0 Å². The molecule has 0 saturated carbocycles. The fourth-order valence-corrected chi connectivity index (χ4v) is 4.63. The van der Waals surface area contributed by atoms with Crippen molar-refractivity contribution in [3.8, 4) is 5.75 Å². The summed E-state index contributed by atoms with van der Waals surface area (Å²) >= 11 is -1.33. The molecule has 0 saturated heterocycles. The summed E-state index contributed by atoms with van der Waals surface area (Å²) < 4.78 is 22.2. The van der Waals surface area contributed by atoms with Crippen LogP contribution in [-0.2, 0) is 23.8 Å². The van der Waals surface area contributed by atoms with Crippen LogP contribution in [0.15, 0.2) is 42.7 Å². The maximum absolute atomic E-state index is 13.5. The number of hydrazine groups is 2. The molecule has 206 valence electrons. The van der Waals surface area contributed by atoms with Crippen LogP contribution in [0.25, 0.3) is 5.70 Å². The van der Waals surface area contributed by atoms with Crippen LogP contribution in [0.4, 0.5) is 17.1 Å². The first-order valence-corrected chi connectivity index (χ1v) is 13.7. The van der Waals surface area contributed by atoms with E-state index in [9.17, 15) is 14.1 Å². The molecule has 4 N–H and O–H groups in total. The Morgan fingerprint density at radius 1 is 1.21 bits per heavy atom. The summed E-state index contributed by atoms with van der Waals surface area (Å²) in [4.78, 5) is 28.8. The molecule has 1 amide bonds. The lowest BCUT2D eigenvalue weighted by molar-refractivity contribution is 0.102. The van der Waals surface area contributed by atoms with E-state index >= 15 is 0 Å². The summed E-state index contributed by atoms with van der Waals surface area (Å²) in [6, 6.07) is 9.15. The van der Waals surface area contributed by atoms with E-state index in [1.165, 1.54) is 13.4 Å². The Morgan fingerprint density at radius 2 is 1.92 bits per heavy atom. The molecular weight excluding hydrogens is 518 g/mol. The first-order valence-electron chi connectivity index (χ1n) is 12.2. The van der Waals surface area contributed by atoms with Gasteiger partial charge >= 0.3 is 0 Å². The largest absolute Gasteiger partial charge is 0.593 e. The van der Waals surface area contributed by atoms with Gasteiger partial charge in [-0.2, -0.15) is 0 Å². The van der Waals surface area contributed by atoms with Gasteiger partial charge in [0.15, 0.2) is 17.9 Å². The number of carbonyl (C=O) groups excluding carboxylic acids is 2. The van der Waals surface area contributed by atoms with E-state index in [-0.39, 0.29) is 11.3 Å². The molecule has 1 atom stereocenters. The minimum Gasteiger partial charge on any atom is -0.593 e. The molecule has 4 rings (SSSR count). The molecule has 0 bridgehead atoms. The van der Waals surface area contributed by atoms with E-state index in [4.69, 9.17) is 4.74 Å². The van der Waals surface area contributed by atoms with Crippen molar-refractivity contribution in [1.82, 2.24) is 20.5 Å². The topological polar surface area (TPSA) is 136 Å². The van der Waals surface area contributed by atoms with Crippen molar-refractivity contribution >= 4 is 46.3 Å². The number of hydrogen-bond acceptors (Lipinski definition) is 9. The number of imidazole rings is 1. The zero-order valence-electron chi connectivity index (χ0n) is 23.0. The number of aldehydes is 1. The van der Waals surface area contributed by atoms with E-state index in [0.29, 0.717) is 40.5 Å². The first-order chi connectivity index (χ1) is 18.4. The number of anilines is 3. The van der Waals surface area contributed by atoms with Crippen molar-refractivity contribution in [3.63, 3.8) is 0 Å². The summed E-state index contributed by atoms with van der Waals surface area (Å²) in [5.41, 5.74) is 11.4. The van der Waals surface area contributed by atoms with Crippen LogP contribution in [0.1, 0.15) is 58.6 Å². The molecule has 1 unspecified atom stereocenters. The molecule has 1 aromatic heterocycles. The Bertz CT molecular complexity index is 1440. The lowest BCUT2D eigenvalue weighted by atomic mass is 9.86. The van der Waals surface area contributed by atoms with Gasteiger partial charge in [0.2, 0.25) is 0 Å². The Hall–Kier alpha value is -4.00. The van der Waals surface area contributed by atoms with Crippen LogP contribution in [0, 0.1) is 6.92 Å². The highest BCUT2D eigenvalue weighted by Gasteiger charge is 2.24. The second kappa shape index (κ2) is 11.0. The van der Waals surface area contributed by atoms with Crippen molar-refractivity contribution in [3.05, 3.63) is 70.9 Å². The number of rotatable bonds is 8. The maximum Gasteiger partial charge on any atom is 0.255 e. The highest BCUT2D eigenvalue weighted by Crippen LogP contribution is 2.39. The van der Waals surface area contributed by atoms with Crippen molar-refractivity contribution in [2.24, 2.45) is 7.05 Å².